The minimum atomic E-state index is -3.03. The number of hydrogen-bond acceptors (Lipinski definition) is 4. The summed E-state index contributed by atoms with van der Waals surface area (Å²) in [5.74, 6) is 0.204. The van der Waals surface area contributed by atoms with Gasteiger partial charge in [0.2, 0.25) is 0 Å². The first-order valence-corrected chi connectivity index (χ1v) is 8.82. The maximum atomic E-state index is 11.6. The molecule has 1 N–H and O–H groups in total. The van der Waals surface area contributed by atoms with Crippen LogP contribution in [0, 0.1) is 5.92 Å². The molecule has 5 heteroatoms. The average molecular weight is 274 g/mol. The molecule has 0 radical (unpaired) electrons. The highest BCUT2D eigenvalue weighted by Crippen LogP contribution is 2.47. The first kappa shape index (κ1) is 12.9. The van der Waals surface area contributed by atoms with Crippen LogP contribution in [0.2, 0.25) is 0 Å². The number of ether oxygens (including phenoxy) is 1. The molecule has 3 rings (SSSR count). The monoisotopic (exact) mass is 274 g/mol. The smallest absolute Gasteiger partial charge is 0.153 e. The summed E-state index contributed by atoms with van der Waals surface area (Å²) in [6.45, 7) is 0.674. The fraction of sp³-hybridized carbons (Fsp3) is 1.00. The van der Waals surface area contributed by atoms with Crippen LogP contribution in [-0.4, -0.2) is 42.8 Å². The molecular formula is C13H22O4S. The molecule has 2 aliphatic heterocycles. The Kier molecular flexibility index (Phi) is 2.99. The van der Waals surface area contributed by atoms with E-state index in [1.54, 1.807) is 0 Å². The van der Waals surface area contributed by atoms with Gasteiger partial charge in [-0.05, 0) is 38.0 Å². The molecule has 4 nitrogen and oxygen atoms in total. The summed E-state index contributed by atoms with van der Waals surface area (Å²) in [4.78, 5) is 0. The molecule has 2 unspecified atom stereocenters. The van der Waals surface area contributed by atoms with Gasteiger partial charge in [0.25, 0.3) is 0 Å². The second kappa shape index (κ2) is 4.18. The maximum absolute atomic E-state index is 11.6. The molecule has 3 fully saturated rings. The van der Waals surface area contributed by atoms with Crippen molar-refractivity contribution in [2.75, 3.05) is 18.1 Å². The van der Waals surface area contributed by atoms with Gasteiger partial charge in [-0.15, -0.1) is 0 Å². The van der Waals surface area contributed by atoms with Crippen molar-refractivity contribution in [1.29, 1.82) is 0 Å². The molecule has 0 aromatic rings. The normalized spacial score (nSPS) is 42.4. The minimum absolute atomic E-state index is 0.0409. The number of sulfone groups is 1. The lowest BCUT2D eigenvalue weighted by atomic mass is 9.75. The van der Waals surface area contributed by atoms with Crippen molar-refractivity contribution in [3.8, 4) is 0 Å². The Morgan fingerprint density at radius 1 is 1.17 bits per heavy atom. The lowest BCUT2D eigenvalue weighted by molar-refractivity contribution is -0.133. The Bertz CT molecular complexity index is 424. The Hall–Kier alpha value is -0.130. The van der Waals surface area contributed by atoms with Gasteiger partial charge >= 0.3 is 0 Å². The SMILES string of the molecule is O=S1(=O)CCC(O)(C2CCOC3(CCCC3)C2)C1. The van der Waals surface area contributed by atoms with Gasteiger partial charge < -0.3 is 9.84 Å². The highest BCUT2D eigenvalue weighted by Gasteiger charge is 2.51. The van der Waals surface area contributed by atoms with E-state index in [9.17, 15) is 13.5 Å². The standard InChI is InChI=1S/C13H22O4S/c14-13(6-8-18(15,16)10-13)11-3-7-17-12(9-11)4-1-2-5-12/h11,14H,1-10H2. The van der Waals surface area contributed by atoms with E-state index in [2.05, 4.69) is 0 Å². The van der Waals surface area contributed by atoms with Crippen LogP contribution in [0.3, 0.4) is 0 Å². The van der Waals surface area contributed by atoms with E-state index in [1.807, 2.05) is 0 Å². The molecule has 2 atom stereocenters. The van der Waals surface area contributed by atoms with Gasteiger partial charge in [-0.2, -0.15) is 0 Å². The summed E-state index contributed by atoms with van der Waals surface area (Å²) in [6, 6.07) is 0. The van der Waals surface area contributed by atoms with Crippen LogP contribution in [0.4, 0.5) is 0 Å². The molecule has 1 saturated carbocycles. The highest BCUT2D eigenvalue weighted by molar-refractivity contribution is 7.91. The Morgan fingerprint density at radius 3 is 2.50 bits per heavy atom. The fourth-order valence-corrected chi connectivity index (χ4v) is 5.98. The average Bonchev–Trinajstić information content (AvgIpc) is 2.85. The van der Waals surface area contributed by atoms with Crippen molar-refractivity contribution in [2.24, 2.45) is 5.92 Å². The number of hydrogen-bond donors (Lipinski definition) is 1. The topological polar surface area (TPSA) is 63.6 Å². The van der Waals surface area contributed by atoms with Gasteiger partial charge in [-0.3, -0.25) is 0 Å². The first-order chi connectivity index (χ1) is 8.43. The van der Waals surface area contributed by atoms with Crippen LogP contribution in [0.25, 0.3) is 0 Å². The van der Waals surface area contributed by atoms with Gasteiger partial charge in [0.15, 0.2) is 9.84 Å². The summed E-state index contributed by atoms with van der Waals surface area (Å²) in [5, 5.41) is 10.7. The third-order valence-corrected chi connectivity index (χ3v) is 6.85. The molecule has 104 valence electrons. The van der Waals surface area contributed by atoms with Crippen molar-refractivity contribution >= 4 is 9.84 Å². The predicted molar refractivity (Wildman–Crippen MR) is 68.1 cm³/mol. The van der Waals surface area contributed by atoms with Crippen LogP contribution >= 0.6 is 0 Å². The quantitative estimate of drug-likeness (QED) is 0.782. The van der Waals surface area contributed by atoms with Gasteiger partial charge in [0.1, 0.15) is 0 Å². The maximum Gasteiger partial charge on any atom is 0.153 e. The van der Waals surface area contributed by atoms with E-state index in [4.69, 9.17) is 4.74 Å². The summed E-state index contributed by atoms with van der Waals surface area (Å²) < 4.78 is 29.2. The molecule has 0 aromatic carbocycles. The van der Waals surface area contributed by atoms with Gasteiger partial charge in [-0.1, -0.05) is 12.8 Å². The Balaban J connectivity index is 1.76. The summed E-state index contributed by atoms with van der Waals surface area (Å²) in [6.07, 6.45) is 6.61. The predicted octanol–water partition coefficient (Wildman–Crippen LogP) is 1.28. The second-order valence-electron chi connectivity index (χ2n) is 6.37. The van der Waals surface area contributed by atoms with E-state index in [0.717, 1.165) is 25.7 Å². The third kappa shape index (κ3) is 2.21. The zero-order valence-corrected chi connectivity index (χ0v) is 11.5. The van der Waals surface area contributed by atoms with Crippen molar-refractivity contribution in [1.82, 2.24) is 0 Å². The van der Waals surface area contributed by atoms with Gasteiger partial charge in [0.05, 0.1) is 22.7 Å². The van der Waals surface area contributed by atoms with Crippen molar-refractivity contribution < 1.29 is 18.3 Å². The second-order valence-corrected chi connectivity index (χ2v) is 8.56. The number of rotatable bonds is 1. The molecule has 3 aliphatic rings. The van der Waals surface area contributed by atoms with Gasteiger partial charge in [0, 0.05) is 6.61 Å². The molecule has 0 bridgehead atoms. The van der Waals surface area contributed by atoms with E-state index in [0.29, 0.717) is 13.0 Å². The van der Waals surface area contributed by atoms with Crippen LogP contribution in [-0.2, 0) is 14.6 Å². The summed E-state index contributed by atoms with van der Waals surface area (Å²) in [7, 11) is -3.03. The Morgan fingerprint density at radius 2 is 1.89 bits per heavy atom. The molecule has 0 amide bonds. The van der Waals surface area contributed by atoms with Crippen molar-refractivity contribution in [2.45, 2.75) is 56.1 Å². The lowest BCUT2D eigenvalue weighted by Gasteiger charge is -2.43. The van der Waals surface area contributed by atoms with E-state index >= 15 is 0 Å². The van der Waals surface area contributed by atoms with E-state index in [1.165, 1.54) is 12.8 Å². The highest BCUT2D eigenvalue weighted by atomic mass is 32.2. The summed E-state index contributed by atoms with van der Waals surface area (Å²) in [5.41, 5.74) is -1.04. The number of aliphatic hydroxyl groups is 1. The van der Waals surface area contributed by atoms with Crippen LogP contribution in [0.1, 0.15) is 44.9 Å². The van der Waals surface area contributed by atoms with E-state index < -0.39 is 15.4 Å². The first-order valence-electron chi connectivity index (χ1n) is 7.00. The zero-order chi connectivity index (χ0) is 12.9. The Labute approximate surface area is 109 Å². The van der Waals surface area contributed by atoms with Crippen LogP contribution in [0.5, 0.6) is 0 Å². The molecule has 18 heavy (non-hydrogen) atoms. The zero-order valence-electron chi connectivity index (χ0n) is 10.7. The van der Waals surface area contributed by atoms with Crippen molar-refractivity contribution in [3.05, 3.63) is 0 Å². The van der Waals surface area contributed by atoms with E-state index in [-0.39, 0.29) is 23.0 Å². The summed E-state index contributed by atoms with van der Waals surface area (Å²) >= 11 is 0. The third-order valence-electron chi connectivity index (χ3n) is 5.08. The molecule has 2 saturated heterocycles. The molecular weight excluding hydrogens is 252 g/mol. The molecule has 2 heterocycles. The molecule has 1 aliphatic carbocycles. The molecule has 1 spiro atoms. The molecule has 0 aromatic heterocycles. The van der Waals surface area contributed by atoms with Crippen LogP contribution in [0.15, 0.2) is 0 Å². The largest absolute Gasteiger partial charge is 0.389 e. The minimum Gasteiger partial charge on any atom is -0.389 e. The lowest BCUT2D eigenvalue weighted by Crippen LogP contribution is -2.48. The van der Waals surface area contributed by atoms with Crippen molar-refractivity contribution in [3.63, 3.8) is 0 Å². The van der Waals surface area contributed by atoms with Crippen LogP contribution < -0.4 is 0 Å². The van der Waals surface area contributed by atoms with Gasteiger partial charge in [-0.25, -0.2) is 8.42 Å². The fourth-order valence-electron chi connectivity index (χ4n) is 4.03.